The molecule has 0 heterocycles. The molecule has 0 unspecified atom stereocenters. The van der Waals surface area contributed by atoms with Gasteiger partial charge in [0, 0.05) is 0 Å². The molecule has 6 heteroatoms. The van der Waals surface area contributed by atoms with E-state index in [0.29, 0.717) is 22.3 Å². The molecule has 0 aliphatic carbocycles. The van der Waals surface area contributed by atoms with Crippen molar-refractivity contribution in [1.82, 2.24) is 0 Å². The van der Waals surface area contributed by atoms with E-state index in [9.17, 15) is 26.3 Å². The maximum atomic E-state index is 14.0. The molecule has 2 rings (SSSR count). The summed E-state index contributed by atoms with van der Waals surface area (Å²) < 4.78 is 84.3. The third-order valence-electron chi connectivity index (χ3n) is 4.16. The molecule has 0 bridgehead atoms. The largest absolute Gasteiger partial charge is 0.411 e. The fourth-order valence-corrected chi connectivity index (χ4v) is 3.36. The third kappa shape index (κ3) is 3.26. The highest BCUT2D eigenvalue weighted by Crippen LogP contribution is 2.56. The van der Waals surface area contributed by atoms with Gasteiger partial charge in [-0.2, -0.15) is 26.3 Å². The number of hydrogen-bond donors (Lipinski definition) is 0. The summed E-state index contributed by atoms with van der Waals surface area (Å²) in [5, 5.41) is 0. The van der Waals surface area contributed by atoms with E-state index in [1.165, 1.54) is 27.7 Å². The Morgan fingerprint density at radius 3 is 0.920 bits per heavy atom. The van der Waals surface area contributed by atoms with Crippen molar-refractivity contribution < 1.29 is 26.3 Å². The molecule has 0 fully saturated rings. The summed E-state index contributed by atoms with van der Waals surface area (Å²) in [6.45, 7) is 5.93. The highest BCUT2D eigenvalue weighted by Gasteiger charge is 2.72. The molecule has 0 aliphatic heterocycles. The smallest absolute Gasteiger partial charge is 0.169 e. The van der Waals surface area contributed by atoms with Crippen LogP contribution in [0.25, 0.3) is 0 Å². The summed E-state index contributed by atoms with van der Waals surface area (Å²) in [5.41, 5.74) is -4.32. The van der Waals surface area contributed by atoms with E-state index in [1.807, 2.05) is 0 Å². The number of benzene rings is 2. The van der Waals surface area contributed by atoms with Gasteiger partial charge in [0.15, 0.2) is 0 Å². The molecule has 0 saturated carbocycles. The van der Waals surface area contributed by atoms with Gasteiger partial charge >= 0.3 is 12.4 Å². The first-order valence-electron chi connectivity index (χ1n) is 7.60. The van der Waals surface area contributed by atoms with Crippen LogP contribution in [-0.2, 0) is 5.41 Å². The van der Waals surface area contributed by atoms with Crippen LogP contribution in [0.2, 0.25) is 0 Å². The molecule has 0 aliphatic rings. The van der Waals surface area contributed by atoms with Crippen LogP contribution in [0.1, 0.15) is 33.4 Å². The molecule has 0 spiro atoms. The van der Waals surface area contributed by atoms with E-state index < -0.39 is 28.9 Å². The quantitative estimate of drug-likeness (QED) is 0.549. The predicted octanol–water partition coefficient (Wildman–Crippen LogP) is 6.33. The summed E-state index contributed by atoms with van der Waals surface area (Å²) in [4.78, 5) is 0. The molecule has 0 amide bonds. The number of alkyl halides is 6. The average Bonchev–Trinajstić information content (AvgIpc) is 2.32. The molecule has 0 aromatic heterocycles. The SMILES string of the molecule is Cc1cc(C)cc(C(c2cc(C)cc(C)c2)(C(F)(F)F)C(F)(F)F)c1. The van der Waals surface area contributed by atoms with E-state index in [-0.39, 0.29) is 0 Å². The lowest BCUT2D eigenvalue weighted by atomic mass is 9.71. The van der Waals surface area contributed by atoms with Crippen molar-refractivity contribution in [1.29, 1.82) is 0 Å². The van der Waals surface area contributed by atoms with Crippen molar-refractivity contribution in [2.75, 3.05) is 0 Å². The van der Waals surface area contributed by atoms with Crippen LogP contribution in [0.4, 0.5) is 26.3 Å². The summed E-state index contributed by atoms with van der Waals surface area (Å²) in [6.07, 6.45) is -11.1. The zero-order valence-corrected chi connectivity index (χ0v) is 14.2. The number of halogens is 6. The Kier molecular flexibility index (Phi) is 4.70. The van der Waals surface area contributed by atoms with Gasteiger partial charge in [0.25, 0.3) is 0 Å². The topological polar surface area (TPSA) is 0 Å². The summed E-state index contributed by atoms with van der Waals surface area (Å²) >= 11 is 0. The van der Waals surface area contributed by atoms with E-state index in [2.05, 4.69) is 0 Å². The van der Waals surface area contributed by atoms with Gasteiger partial charge in [-0.05, 0) is 38.8 Å². The van der Waals surface area contributed by atoms with Gasteiger partial charge in [-0.15, -0.1) is 0 Å². The van der Waals surface area contributed by atoms with Gasteiger partial charge in [-0.1, -0.05) is 58.7 Å². The molecule has 0 radical (unpaired) electrons. The summed E-state index contributed by atoms with van der Waals surface area (Å²) in [5.74, 6) is 0. The second-order valence-electron chi connectivity index (χ2n) is 6.50. The lowest BCUT2D eigenvalue weighted by Gasteiger charge is -2.39. The Labute approximate surface area is 142 Å². The first kappa shape index (κ1) is 19.3. The second-order valence-corrected chi connectivity index (χ2v) is 6.50. The average molecular weight is 360 g/mol. The van der Waals surface area contributed by atoms with Gasteiger partial charge in [0.2, 0.25) is 5.41 Å². The Morgan fingerprint density at radius 2 is 0.720 bits per heavy atom. The zero-order valence-electron chi connectivity index (χ0n) is 14.2. The molecule has 0 N–H and O–H groups in total. The van der Waals surface area contributed by atoms with Crippen LogP contribution >= 0.6 is 0 Å². The minimum atomic E-state index is -5.55. The zero-order chi connectivity index (χ0) is 19.2. The van der Waals surface area contributed by atoms with Crippen molar-refractivity contribution in [3.8, 4) is 0 Å². The van der Waals surface area contributed by atoms with Crippen LogP contribution in [0.5, 0.6) is 0 Å². The van der Waals surface area contributed by atoms with Gasteiger partial charge in [-0.3, -0.25) is 0 Å². The van der Waals surface area contributed by atoms with E-state index in [0.717, 1.165) is 24.3 Å². The molecule has 0 nitrogen and oxygen atoms in total. The predicted molar refractivity (Wildman–Crippen MR) is 84.7 cm³/mol. The van der Waals surface area contributed by atoms with Crippen LogP contribution in [0.3, 0.4) is 0 Å². The maximum absolute atomic E-state index is 14.0. The fourth-order valence-electron chi connectivity index (χ4n) is 3.36. The Morgan fingerprint density at radius 1 is 0.480 bits per heavy atom. The third-order valence-corrected chi connectivity index (χ3v) is 4.16. The lowest BCUT2D eigenvalue weighted by Crippen LogP contribution is -2.55. The molecule has 0 atom stereocenters. The van der Waals surface area contributed by atoms with Crippen molar-refractivity contribution in [2.45, 2.75) is 45.5 Å². The molecular formula is C19H18F6. The summed E-state index contributed by atoms with van der Waals surface area (Å²) in [7, 11) is 0. The minimum absolute atomic E-state index is 0.345. The van der Waals surface area contributed by atoms with Crippen LogP contribution < -0.4 is 0 Å². The Bertz CT molecular complexity index is 675. The molecular weight excluding hydrogens is 342 g/mol. The Balaban J connectivity index is 3.02. The standard InChI is InChI=1S/C19H18F6/c1-11-5-12(2)8-15(7-11)17(18(20,21)22,19(23,24)25)16-9-13(3)6-14(4)10-16/h5-10H,1-4H3. The van der Waals surface area contributed by atoms with Crippen LogP contribution in [0.15, 0.2) is 36.4 Å². The van der Waals surface area contributed by atoms with Crippen molar-refractivity contribution >= 4 is 0 Å². The van der Waals surface area contributed by atoms with Crippen LogP contribution in [0, 0.1) is 27.7 Å². The van der Waals surface area contributed by atoms with Crippen molar-refractivity contribution in [3.05, 3.63) is 69.8 Å². The van der Waals surface area contributed by atoms with E-state index in [1.54, 1.807) is 12.1 Å². The van der Waals surface area contributed by atoms with Crippen molar-refractivity contribution in [3.63, 3.8) is 0 Å². The minimum Gasteiger partial charge on any atom is -0.169 e. The highest BCUT2D eigenvalue weighted by atomic mass is 19.4. The number of rotatable bonds is 2. The highest BCUT2D eigenvalue weighted by molar-refractivity contribution is 5.48. The van der Waals surface area contributed by atoms with Gasteiger partial charge in [0.1, 0.15) is 0 Å². The van der Waals surface area contributed by atoms with Gasteiger partial charge in [0.05, 0.1) is 0 Å². The fraction of sp³-hybridized carbons (Fsp3) is 0.368. The van der Waals surface area contributed by atoms with Gasteiger partial charge in [-0.25, -0.2) is 0 Å². The van der Waals surface area contributed by atoms with E-state index >= 15 is 0 Å². The lowest BCUT2D eigenvalue weighted by molar-refractivity contribution is -0.288. The van der Waals surface area contributed by atoms with Gasteiger partial charge < -0.3 is 0 Å². The monoisotopic (exact) mass is 360 g/mol. The molecule has 0 saturated heterocycles. The first-order valence-corrected chi connectivity index (χ1v) is 7.60. The first-order chi connectivity index (χ1) is 11.3. The Hall–Kier alpha value is -1.98. The second kappa shape index (κ2) is 6.07. The normalized spacial score (nSPS) is 13.2. The van der Waals surface area contributed by atoms with Crippen molar-refractivity contribution in [2.24, 2.45) is 0 Å². The summed E-state index contributed by atoms with van der Waals surface area (Å²) in [6, 6.07) is 6.94. The maximum Gasteiger partial charge on any atom is 0.411 e. The van der Waals surface area contributed by atoms with E-state index in [4.69, 9.17) is 0 Å². The molecule has 136 valence electrons. The van der Waals surface area contributed by atoms with Crippen LogP contribution in [-0.4, -0.2) is 12.4 Å². The number of aryl methyl sites for hydroxylation is 4. The molecule has 2 aromatic carbocycles. The number of hydrogen-bond acceptors (Lipinski definition) is 0. The molecule has 25 heavy (non-hydrogen) atoms. The molecule has 2 aromatic rings.